The maximum atomic E-state index is 10.3. The van der Waals surface area contributed by atoms with Gasteiger partial charge in [0.05, 0.1) is 19.9 Å². The van der Waals surface area contributed by atoms with Crippen LogP contribution in [0, 0.1) is 0 Å². The van der Waals surface area contributed by atoms with E-state index in [4.69, 9.17) is 9.47 Å². The summed E-state index contributed by atoms with van der Waals surface area (Å²) in [6, 6.07) is 20.8. The van der Waals surface area contributed by atoms with Gasteiger partial charge in [0, 0.05) is 32.3 Å². The zero-order chi connectivity index (χ0) is 42.7. The number of hydrogen-bond acceptors (Lipinski definition) is 4. The molecule has 6 heteroatoms. The molecule has 4 nitrogen and oxygen atoms in total. The molecule has 0 radical (unpaired) electrons. The predicted molar refractivity (Wildman–Crippen MR) is 245 cm³/mol. The molecule has 3 aromatic carbocycles. The molecule has 4 rings (SSSR count). The Morgan fingerprint density at radius 1 is 0.455 bits per heavy atom. The molecule has 1 N–H and O–H groups in total. The monoisotopic (exact) mass is 879 g/mol. The topological polar surface area (TPSA) is 51.6 Å². The maximum Gasteiger partial charge on any atom is 0.126 e. The minimum atomic E-state index is -0.00859. The summed E-state index contributed by atoms with van der Waals surface area (Å²) < 4.78 is 13.4. The van der Waals surface area contributed by atoms with Crippen molar-refractivity contribution in [3.05, 3.63) is 103 Å². The molecule has 55 heavy (non-hydrogen) atoms. The number of pyridine rings is 1. The van der Waals surface area contributed by atoms with E-state index in [0.717, 1.165) is 43.0 Å². The van der Waals surface area contributed by atoms with Gasteiger partial charge in [0.25, 0.3) is 0 Å². The van der Waals surface area contributed by atoms with E-state index in [2.05, 4.69) is 186 Å². The summed E-state index contributed by atoms with van der Waals surface area (Å²) in [5.74, 6) is 2.47. The van der Waals surface area contributed by atoms with Crippen LogP contribution in [0.3, 0.4) is 0 Å². The van der Waals surface area contributed by atoms with Gasteiger partial charge in [-0.2, -0.15) is 0 Å². The average molecular weight is 882 g/mol. The molecular weight excluding hydrogens is 810 g/mol. The van der Waals surface area contributed by atoms with E-state index in [1.165, 1.54) is 22.3 Å². The maximum absolute atomic E-state index is 10.3. The van der Waals surface area contributed by atoms with Crippen molar-refractivity contribution in [3.63, 3.8) is 0 Å². The highest BCUT2D eigenvalue weighted by atomic mass is 79.9. The Hall–Kier alpha value is -2.83. The zero-order valence-electron chi connectivity index (χ0n) is 37.7. The molecule has 1 heterocycles. The third-order valence-corrected chi connectivity index (χ3v) is 10.3. The molecule has 0 unspecified atom stereocenters. The summed E-state index contributed by atoms with van der Waals surface area (Å²) in [7, 11) is 3.52. The second-order valence-electron chi connectivity index (χ2n) is 20.7. The van der Waals surface area contributed by atoms with Crippen LogP contribution in [0.2, 0.25) is 0 Å². The molecule has 0 saturated heterocycles. The lowest BCUT2D eigenvalue weighted by atomic mass is 9.78. The van der Waals surface area contributed by atoms with Crippen LogP contribution < -0.4 is 9.47 Å². The fraction of sp³-hybridized carbons (Fsp3) is 0.531. The number of rotatable bonds is 3. The van der Waals surface area contributed by atoms with Gasteiger partial charge in [-0.25, -0.2) is 4.98 Å². The highest BCUT2D eigenvalue weighted by Crippen LogP contribution is 2.44. The summed E-state index contributed by atoms with van der Waals surface area (Å²) in [6.07, 6.45) is 0. The molecule has 4 aromatic rings. The fourth-order valence-corrected chi connectivity index (χ4v) is 7.16. The lowest BCUT2D eigenvalue weighted by Gasteiger charge is -2.30. The first-order valence-electron chi connectivity index (χ1n) is 19.3. The van der Waals surface area contributed by atoms with Crippen LogP contribution in [0.1, 0.15) is 158 Å². The van der Waals surface area contributed by atoms with E-state index >= 15 is 0 Å². The van der Waals surface area contributed by atoms with E-state index in [1.54, 1.807) is 14.2 Å². The summed E-state index contributed by atoms with van der Waals surface area (Å²) in [5.41, 5.74) is 9.19. The van der Waals surface area contributed by atoms with Crippen molar-refractivity contribution in [2.75, 3.05) is 14.2 Å². The van der Waals surface area contributed by atoms with Crippen LogP contribution >= 0.6 is 31.9 Å². The van der Waals surface area contributed by atoms with Crippen LogP contribution in [0.15, 0.2) is 69.7 Å². The highest BCUT2D eigenvalue weighted by Gasteiger charge is 2.29. The van der Waals surface area contributed by atoms with Gasteiger partial charge in [-0.3, -0.25) is 0 Å². The lowest BCUT2D eigenvalue weighted by Crippen LogP contribution is -2.19. The Morgan fingerprint density at radius 2 is 0.764 bits per heavy atom. The molecule has 0 saturated carbocycles. The number of halogens is 2. The average Bonchev–Trinajstić information content (AvgIpc) is 3.01. The minimum Gasteiger partial charge on any atom is -0.507 e. The smallest absolute Gasteiger partial charge is 0.126 e. The number of aromatic hydroxyl groups is 1. The van der Waals surface area contributed by atoms with Gasteiger partial charge in [0.1, 0.15) is 21.9 Å². The normalized spacial score (nSPS) is 12.6. The van der Waals surface area contributed by atoms with E-state index in [-0.39, 0.29) is 32.5 Å². The summed E-state index contributed by atoms with van der Waals surface area (Å²) in [4.78, 5) is 4.62. The first-order chi connectivity index (χ1) is 24.7. The largest absolute Gasteiger partial charge is 0.507 e. The Bertz CT molecular complexity index is 1800. The number of phenolic OH excluding ortho intramolecular Hbond substituents is 1. The Kier molecular flexibility index (Phi) is 15.6. The Labute approximate surface area is 352 Å². The van der Waals surface area contributed by atoms with Crippen LogP contribution in [-0.2, 0) is 32.5 Å². The SMILES string of the molecule is CC(C)(C)c1cccc(C(C)(C)C)c1O.COc1c(C(C)(C)C)cc(-c2cccc(Br)n2)cc1C(C)(C)C.COc1c(C(C)(C)C)cc(Br)cc1C(C)(C)C. The molecule has 1 aromatic heterocycles. The molecule has 0 atom stereocenters. The standard InChI is InChI=1S/C20H26BrNO.C15H23BrO.C14H22O/c1-19(2,3)14-11-13(16-9-8-10-17(21)22-16)12-15(18(14)23-7)20(4,5)6;1-14(2,3)11-8-10(16)9-12(13(11)17-7)15(4,5)6;1-13(2,3)10-8-7-9-11(12(10)15)14(4,5)6/h8-12H,1-7H3;8-9H,1-7H3;7-9,15H,1-6H3. The van der Waals surface area contributed by atoms with Gasteiger partial charge >= 0.3 is 0 Å². The second kappa shape index (κ2) is 17.8. The lowest BCUT2D eigenvalue weighted by molar-refractivity contribution is 0.381. The fourth-order valence-electron chi connectivity index (χ4n) is 6.36. The van der Waals surface area contributed by atoms with Crippen molar-refractivity contribution < 1.29 is 14.6 Å². The quantitative estimate of drug-likeness (QED) is 0.208. The van der Waals surface area contributed by atoms with Crippen LogP contribution in [0.25, 0.3) is 11.3 Å². The highest BCUT2D eigenvalue weighted by molar-refractivity contribution is 9.10. The molecule has 0 bridgehead atoms. The number of ether oxygens (including phenoxy) is 2. The third-order valence-electron chi connectivity index (χ3n) is 9.45. The number of nitrogens with zero attached hydrogens (tertiary/aromatic N) is 1. The number of methoxy groups -OCH3 is 2. The minimum absolute atomic E-state index is 0.00658. The van der Waals surface area contributed by atoms with Crippen molar-refractivity contribution in [1.29, 1.82) is 0 Å². The molecule has 304 valence electrons. The van der Waals surface area contributed by atoms with E-state index < -0.39 is 0 Å². The molecule has 0 amide bonds. The van der Waals surface area contributed by atoms with Crippen molar-refractivity contribution in [3.8, 4) is 28.5 Å². The zero-order valence-corrected chi connectivity index (χ0v) is 40.9. The third kappa shape index (κ3) is 13.1. The van der Waals surface area contributed by atoms with Crippen molar-refractivity contribution in [2.24, 2.45) is 0 Å². The van der Waals surface area contributed by atoms with Gasteiger partial charge in [0.2, 0.25) is 0 Å². The number of aromatic nitrogens is 1. The summed E-state index contributed by atoms with van der Waals surface area (Å²) in [6.45, 7) is 39.3. The van der Waals surface area contributed by atoms with Gasteiger partial charge in [-0.1, -0.05) is 165 Å². The van der Waals surface area contributed by atoms with E-state index in [0.29, 0.717) is 5.75 Å². The second-order valence-corrected chi connectivity index (χ2v) is 22.4. The van der Waals surface area contributed by atoms with Crippen molar-refractivity contribution in [1.82, 2.24) is 4.98 Å². The van der Waals surface area contributed by atoms with E-state index in [1.807, 2.05) is 36.4 Å². The number of phenols is 1. The van der Waals surface area contributed by atoms with Gasteiger partial charge < -0.3 is 14.6 Å². The summed E-state index contributed by atoms with van der Waals surface area (Å²) in [5, 5.41) is 10.3. The van der Waals surface area contributed by atoms with E-state index in [9.17, 15) is 5.11 Å². The number of benzene rings is 3. The molecule has 0 aliphatic carbocycles. The van der Waals surface area contributed by atoms with Crippen molar-refractivity contribution in [2.45, 2.75) is 157 Å². The van der Waals surface area contributed by atoms with Crippen molar-refractivity contribution >= 4 is 31.9 Å². The Balaban J connectivity index is 0.000000294. The van der Waals surface area contributed by atoms with Crippen LogP contribution in [-0.4, -0.2) is 24.3 Å². The van der Waals surface area contributed by atoms with Gasteiger partial charge in [-0.15, -0.1) is 0 Å². The molecule has 0 aliphatic heterocycles. The number of hydrogen-bond donors (Lipinski definition) is 1. The first-order valence-corrected chi connectivity index (χ1v) is 20.9. The molecule has 0 aliphatic rings. The molecular formula is C49H71Br2NO3. The first kappa shape index (κ1) is 48.3. The molecule has 0 spiro atoms. The van der Waals surface area contributed by atoms with Crippen LogP contribution in [0.4, 0.5) is 0 Å². The van der Waals surface area contributed by atoms with Gasteiger partial charge in [0.15, 0.2) is 0 Å². The van der Waals surface area contributed by atoms with Gasteiger partial charge in [-0.05, 0) is 95.9 Å². The van der Waals surface area contributed by atoms with Crippen LogP contribution in [0.5, 0.6) is 17.2 Å². The molecule has 0 fully saturated rings. The predicted octanol–water partition coefficient (Wildman–Crippen LogP) is 15.2. The Morgan fingerprint density at radius 3 is 1.05 bits per heavy atom. The summed E-state index contributed by atoms with van der Waals surface area (Å²) >= 11 is 7.07. The number of para-hydroxylation sites is 1.